The Hall–Kier alpha value is -2.78. The maximum absolute atomic E-state index is 11.8. The second kappa shape index (κ2) is 7.66. The number of aliphatic hydroxyl groups excluding tert-OH is 1. The van der Waals surface area contributed by atoms with Crippen LogP contribution in [0.3, 0.4) is 0 Å². The summed E-state index contributed by atoms with van der Waals surface area (Å²) in [6.07, 6.45) is -0.364. The highest BCUT2D eigenvalue weighted by atomic mass is 79.9. The van der Waals surface area contributed by atoms with Crippen molar-refractivity contribution in [1.82, 2.24) is 5.43 Å². The van der Waals surface area contributed by atoms with E-state index in [1.165, 1.54) is 0 Å². The molecule has 1 amide bonds. The smallest absolute Gasteiger partial charge is 0.273 e. The van der Waals surface area contributed by atoms with Gasteiger partial charge in [-0.2, -0.15) is 5.10 Å². The molecular weight excluding hydrogens is 382 g/mol. The standard InChI is InChI=1S/C15H12BrN3O5/c16-12-7-11(19(23)24)6-10(13(12)20)8-17-18-15(22)14(21)9-4-2-1-3-5-9/h1-8,14,20-21H,(H,18,22)/b17-8-/t14-/m0/s1. The summed E-state index contributed by atoms with van der Waals surface area (Å²) < 4.78 is 0.119. The van der Waals surface area contributed by atoms with Crippen molar-refractivity contribution >= 4 is 33.7 Å². The van der Waals surface area contributed by atoms with Crippen LogP contribution in [0.1, 0.15) is 17.2 Å². The molecule has 0 aliphatic heterocycles. The molecule has 0 bridgehead atoms. The fraction of sp³-hybridized carbons (Fsp3) is 0.0667. The number of amides is 1. The van der Waals surface area contributed by atoms with Gasteiger partial charge in [-0.1, -0.05) is 30.3 Å². The van der Waals surface area contributed by atoms with Gasteiger partial charge in [0, 0.05) is 17.7 Å². The number of aliphatic hydroxyl groups is 1. The molecule has 2 aromatic carbocycles. The predicted molar refractivity (Wildman–Crippen MR) is 89.6 cm³/mol. The summed E-state index contributed by atoms with van der Waals surface area (Å²) in [4.78, 5) is 22.0. The summed E-state index contributed by atoms with van der Waals surface area (Å²) >= 11 is 3.00. The Labute approximate surface area is 144 Å². The number of hydrogen-bond acceptors (Lipinski definition) is 6. The molecule has 9 heteroatoms. The largest absolute Gasteiger partial charge is 0.506 e. The molecule has 0 fully saturated rings. The van der Waals surface area contributed by atoms with E-state index in [0.717, 1.165) is 18.3 Å². The van der Waals surface area contributed by atoms with Gasteiger partial charge in [-0.25, -0.2) is 5.43 Å². The number of nitro benzene ring substituents is 1. The van der Waals surface area contributed by atoms with Gasteiger partial charge in [0.05, 0.1) is 15.6 Å². The summed E-state index contributed by atoms with van der Waals surface area (Å²) in [6, 6.07) is 10.5. The number of benzene rings is 2. The number of nitrogens with zero attached hydrogens (tertiary/aromatic N) is 2. The van der Waals surface area contributed by atoms with Gasteiger partial charge in [0.1, 0.15) is 5.75 Å². The average molecular weight is 394 g/mol. The molecule has 1 atom stereocenters. The Kier molecular flexibility index (Phi) is 5.61. The summed E-state index contributed by atoms with van der Waals surface area (Å²) in [5.74, 6) is -1.04. The van der Waals surface area contributed by atoms with Crippen molar-refractivity contribution in [2.75, 3.05) is 0 Å². The van der Waals surface area contributed by atoms with Gasteiger partial charge in [0.25, 0.3) is 11.6 Å². The highest BCUT2D eigenvalue weighted by Crippen LogP contribution is 2.31. The van der Waals surface area contributed by atoms with E-state index in [-0.39, 0.29) is 21.5 Å². The van der Waals surface area contributed by atoms with E-state index in [4.69, 9.17) is 0 Å². The van der Waals surface area contributed by atoms with Gasteiger partial charge in [0.15, 0.2) is 6.10 Å². The van der Waals surface area contributed by atoms with E-state index in [1.54, 1.807) is 30.3 Å². The zero-order chi connectivity index (χ0) is 17.7. The average Bonchev–Trinajstić information content (AvgIpc) is 2.58. The van der Waals surface area contributed by atoms with Crippen LogP contribution >= 0.6 is 15.9 Å². The molecule has 124 valence electrons. The van der Waals surface area contributed by atoms with Crippen molar-refractivity contribution in [3.8, 4) is 5.75 Å². The van der Waals surface area contributed by atoms with Crippen LogP contribution in [-0.4, -0.2) is 27.3 Å². The Morgan fingerprint density at radius 1 is 1.33 bits per heavy atom. The van der Waals surface area contributed by atoms with Crippen LogP contribution in [-0.2, 0) is 4.79 Å². The summed E-state index contributed by atoms with van der Waals surface area (Å²) in [7, 11) is 0. The fourth-order valence-electron chi connectivity index (χ4n) is 1.82. The normalized spacial score (nSPS) is 12.1. The first kappa shape index (κ1) is 17.6. The molecule has 0 heterocycles. The van der Waals surface area contributed by atoms with Crippen LogP contribution in [0.25, 0.3) is 0 Å². The Morgan fingerprint density at radius 2 is 2.00 bits per heavy atom. The Morgan fingerprint density at radius 3 is 2.62 bits per heavy atom. The van der Waals surface area contributed by atoms with E-state index < -0.39 is 16.9 Å². The van der Waals surface area contributed by atoms with E-state index in [2.05, 4.69) is 26.5 Å². The Balaban J connectivity index is 2.11. The molecule has 0 radical (unpaired) electrons. The van der Waals surface area contributed by atoms with Gasteiger partial charge >= 0.3 is 0 Å². The highest BCUT2D eigenvalue weighted by Gasteiger charge is 2.17. The molecule has 0 aliphatic rings. The molecule has 2 rings (SSSR count). The van der Waals surface area contributed by atoms with E-state index >= 15 is 0 Å². The van der Waals surface area contributed by atoms with Crippen LogP contribution in [0.5, 0.6) is 5.75 Å². The third-order valence-electron chi connectivity index (χ3n) is 3.03. The number of non-ortho nitro benzene ring substituents is 1. The van der Waals surface area contributed by atoms with Crippen molar-refractivity contribution in [2.24, 2.45) is 5.10 Å². The third kappa shape index (κ3) is 4.15. The first-order valence-corrected chi connectivity index (χ1v) is 7.42. The molecule has 8 nitrogen and oxygen atoms in total. The molecule has 0 aliphatic carbocycles. The molecular formula is C15H12BrN3O5. The molecule has 0 saturated carbocycles. The fourth-order valence-corrected chi connectivity index (χ4v) is 2.29. The van der Waals surface area contributed by atoms with Gasteiger partial charge in [-0.15, -0.1) is 0 Å². The first-order valence-electron chi connectivity index (χ1n) is 6.63. The number of phenols is 1. The van der Waals surface area contributed by atoms with Gasteiger partial charge in [-0.05, 0) is 21.5 Å². The quantitative estimate of drug-likeness (QED) is 0.408. The molecule has 0 unspecified atom stereocenters. The minimum absolute atomic E-state index is 0.0329. The van der Waals surface area contributed by atoms with Crippen LogP contribution in [0.4, 0.5) is 5.69 Å². The number of halogens is 1. The SMILES string of the molecule is O=C(N/N=C\c1cc([N+](=O)[O-])cc(Br)c1O)[C@@H](O)c1ccccc1. The molecule has 0 aromatic heterocycles. The van der Waals surface area contributed by atoms with Crippen LogP contribution < -0.4 is 5.43 Å². The number of hydrazone groups is 1. The van der Waals surface area contributed by atoms with Crippen molar-refractivity contribution in [3.05, 3.63) is 68.2 Å². The molecule has 0 spiro atoms. The maximum atomic E-state index is 11.8. The molecule has 24 heavy (non-hydrogen) atoms. The number of rotatable bonds is 5. The lowest BCUT2D eigenvalue weighted by Gasteiger charge is -2.08. The number of nitro groups is 1. The summed E-state index contributed by atoms with van der Waals surface area (Å²) in [6.45, 7) is 0. The zero-order valence-electron chi connectivity index (χ0n) is 12.1. The Bertz CT molecular complexity index is 795. The monoisotopic (exact) mass is 393 g/mol. The lowest BCUT2D eigenvalue weighted by Crippen LogP contribution is -2.25. The highest BCUT2D eigenvalue weighted by molar-refractivity contribution is 9.10. The number of nitrogens with one attached hydrogen (secondary N) is 1. The number of phenolic OH excluding ortho intramolecular Hbond substituents is 1. The van der Waals surface area contributed by atoms with Crippen LogP contribution in [0.15, 0.2) is 52.0 Å². The van der Waals surface area contributed by atoms with Crippen LogP contribution in [0, 0.1) is 10.1 Å². The zero-order valence-corrected chi connectivity index (χ0v) is 13.7. The predicted octanol–water partition coefficient (Wildman–Crippen LogP) is 2.25. The second-order valence-corrected chi connectivity index (χ2v) is 5.52. The minimum atomic E-state index is -1.41. The van der Waals surface area contributed by atoms with E-state index in [0.29, 0.717) is 5.56 Å². The van der Waals surface area contributed by atoms with E-state index in [9.17, 15) is 25.1 Å². The summed E-state index contributed by atoms with van der Waals surface area (Å²) in [5, 5.41) is 34.1. The number of aromatic hydroxyl groups is 1. The van der Waals surface area contributed by atoms with E-state index in [1.807, 2.05) is 0 Å². The number of carbonyl (C=O) groups is 1. The second-order valence-electron chi connectivity index (χ2n) is 4.67. The van der Waals surface area contributed by atoms with Gasteiger partial charge in [-0.3, -0.25) is 14.9 Å². The van der Waals surface area contributed by atoms with Crippen molar-refractivity contribution < 1.29 is 19.9 Å². The number of hydrogen-bond donors (Lipinski definition) is 3. The van der Waals surface area contributed by atoms with Crippen molar-refractivity contribution in [2.45, 2.75) is 6.10 Å². The third-order valence-corrected chi connectivity index (χ3v) is 3.63. The van der Waals surface area contributed by atoms with Crippen molar-refractivity contribution in [1.29, 1.82) is 0 Å². The minimum Gasteiger partial charge on any atom is -0.506 e. The van der Waals surface area contributed by atoms with Gasteiger partial charge < -0.3 is 10.2 Å². The van der Waals surface area contributed by atoms with Crippen LogP contribution in [0.2, 0.25) is 0 Å². The van der Waals surface area contributed by atoms with Gasteiger partial charge in [0.2, 0.25) is 0 Å². The lowest BCUT2D eigenvalue weighted by molar-refractivity contribution is -0.385. The first-order chi connectivity index (χ1) is 11.4. The van der Waals surface area contributed by atoms with Crippen molar-refractivity contribution in [3.63, 3.8) is 0 Å². The lowest BCUT2D eigenvalue weighted by atomic mass is 10.1. The molecule has 0 saturated heterocycles. The molecule has 2 aromatic rings. The maximum Gasteiger partial charge on any atom is 0.273 e. The number of carbonyl (C=O) groups excluding carboxylic acids is 1. The summed E-state index contributed by atoms with van der Waals surface area (Å²) in [5.41, 5.74) is 2.28. The molecule has 3 N–H and O–H groups in total. The topological polar surface area (TPSA) is 125 Å².